The molecule has 1 N–H and O–H groups in total. The van der Waals surface area contributed by atoms with Gasteiger partial charge in [0.2, 0.25) is 0 Å². The third-order valence-electron chi connectivity index (χ3n) is 16.7. The monoisotopic (exact) mass is 682 g/mol. The van der Waals surface area contributed by atoms with Gasteiger partial charge in [-0.2, -0.15) is 0 Å². The molecule has 0 radical (unpaired) electrons. The van der Waals surface area contributed by atoms with Crippen LogP contribution in [0.5, 0.6) is 0 Å². The van der Waals surface area contributed by atoms with E-state index in [9.17, 15) is 13.2 Å². The maximum absolute atomic E-state index is 12.4. The largest absolute Gasteiger partial charge is 0.466 e. The quantitative estimate of drug-likeness (QED) is 0.277. The van der Waals surface area contributed by atoms with Crippen LogP contribution in [0.15, 0.2) is 23.3 Å². The molecule has 7 rings (SSSR count). The van der Waals surface area contributed by atoms with Gasteiger partial charge in [-0.05, 0) is 140 Å². The molecule has 4 saturated carbocycles. The number of fused-ring (bicyclic) bond motifs is 7. The molecule has 6 aliphatic carbocycles. The lowest BCUT2D eigenvalue weighted by Crippen LogP contribution is -2.67. The van der Waals surface area contributed by atoms with Gasteiger partial charge in [0.25, 0.3) is 0 Å². The second kappa shape index (κ2) is 12.5. The molecule has 0 aromatic rings. The first-order chi connectivity index (χ1) is 22.7. The van der Waals surface area contributed by atoms with E-state index in [1.165, 1.54) is 69.8 Å². The van der Waals surface area contributed by atoms with E-state index >= 15 is 0 Å². The normalized spacial score (nSPS) is 45.1. The standard InChI is InChI=1S/C41H66N2O4S/c1-7-47-36(44)30-12-10-29(11-13-30)31-16-19-38(4)34(37(31,2)3)17-20-40(6)35(38)15-14-32-33-9-8-18-41(33,22-21-39(32,40)5)42-23-24-43-25-27-48(45,46)28-26-43/h10,16,30,32-35,42H,7-9,11-15,17-28H2,1-6H3/t30-,32+,33?,34?,35?,38-,39+,40+,41-/m0/s1. The third kappa shape index (κ3) is 5.52. The van der Waals surface area contributed by atoms with Crippen molar-refractivity contribution in [3.05, 3.63) is 23.3 Å². The highest BCUT2D eigenvalue weighted by Gasteiger charge is 2.69. The van der Waals surface area contributed by atoms with Crippen molar-refractivity contribution in [3.63, 3.8) is 0 Å². The SMILES string of the molecule is CCOC(=O)[C@H]1CC=C(C2=CC[C@@]3(C)C(CC[C@]4(C)C3CC[C@@H]3C5CCC[C@]5(NCCN5CCS(=O)(=O)CC5)CC[C@]34C)C2(C)C)CC1. The van der Waals surface area contributed by atoms with Gasteiger partial charge in [-0.25, -0.2) is 8.42 Å². The summed E-state index contributed by atoms with van der Waals surface area (Å²) in [5.41, 5.74) is 4.59. The first-order valence-electron chi connectivity index (χ1n) is 19.9. The lowest BCUT2D eigenvalue weighted by Gasteiger charge is -2.72. The van der Waals surface area contributed by atoms with Crippen LogP contribution in [0.4, 0.5) is 0 Å². The molecule has 7 heteroatoms. The van der Waals surface area contributed by atoms with E-state index in [0.29, 0.717) is 53.4 Å². The van der Waals surface area contributed by atoms with Gasteiger partial charge in [0, 0.05) is 31.7 Å². The topological polar surface area (TPSA) is 75.7 Å². The Bertz CT molecular complexity index is 1420. The molecule has 3 unspecified atom stereocenters. The molecule has 270 valence electrons. The van der Waals surface area contributed by atoms with Crippen LogP contribution in [0.2, 0.25) is 0 Å². The van der Waals surface area contributed by atoms with Crippen molar-refractivity contribution in [1.82, 2.24) is 10.2 Å². The van der Waals surface area contributed by atoms with Gasteiger partial charge in [0.1, 0.15) is 0 Å². The highest BCUT2D eigenvalue weighted by Crippen LogP contribution is 2.76. The Morgan fingerprint density at radius 3 is 2.38 bits per heavy atom. The van der Waals surface area contributed by atoms with Crippen LogP contribution < -0.4 is 5.32 Å². The fourth-order valence-electron chi connectivity index (χ4n) is 14.0. The Labute approximate surface area is 292 Å². The molecule has 48 heavy (non-hydrogen) atoms. The summed E-state index contributed by atoms with van der Waals surface area (Å²) in [7, 11) is -2.83. The van der Waals surface area contributed by atoms with Crippen molar-refractivity contribution in [3.8, 4) is 0 Å². The minimum absolute atomic E-state index is 0.0155. The second-order valence-electron chi connectivity index (χ2n) is 18.7. The van der Waals surface area contributed by atoms with Gasteiger partial charge in [0.15, 0.2) is 9.84 Å². The maximum Gasteiger partial charge on any atom is 0.309 e. The minimum Gasteiger partial charge on any atom is -0.466 e. The Morgan fingerprint density at radius 1 is 0.896 bits per heavy atom. The first kappa shape index (κ1) is 35.2. The van der Waals surface area contributed by atoms with Gasteiger partial charge in [-0.1, -0.05) is 53.2 Å². The molecule has 0 spiro atoms. The maximum atomic E-state index is 12.4. The summed E-state index contributed by atoms with van der Waals surface area (Å²) in [6.07, 6.45) is 21.1. The summed E-state index contributed by atoms with van der Waals surface area (Å²) in [4.78, 5) is 14.8. The van der Waals surface area contributed by atoms with Crippen molar-refractivity contribution < 1.29 is 17.9 Å². The van der Waals surface area contributed by atoms with Crippen LogP contribution in [0, 0.1) is 51.2 Å². The summed E-state index contributed by atoms with van der Waals surface area (Å²) in [6.45, 7) is 19.0. The molecule has 0 bridgehead atoms. The Hall–Kier alpha value is -1.18. The molecule has 9 atom stereocenters. The highest BCUT2D eigenvalue weighted by atomic mass is 32.2. The van der Waals surface area contributed by atoms with Crippen LogP contribution in [0.1, 0.15) is 125 Å². The molecular weight excluding hydrogens is 617 g/mol. The van der Waals surface area contributed by atoms with Crippen LogP contribution in [-0.4, -0.2) is 69.1 Å². The number of sulfone groups is 1. The second-order valence-corrected chi connectivity index (χ2v) is 21.0. The number of nitrogens with one attached hydrogen (secondary N) is 1. The minimum atomic E-state index is -2.83. The summed E-state index contributed by atoms with van der Waals surface area (Å²) in [5.74, 6) is 3.67. The van der Waals surface area contributed by atoms with Crippen LogP contribution >= 0.6 is 0 Å². The molecule has 1 heterocycles. The van der Waals surface area contributed by atoms with Crippen molar-refractivity contribution in [1.29, 1.82) is 0 Å². The van der Waals surface area contributed by atoms with Crippen LogP contribution in [-0.2, 0) is 19.4 Å². The van der Waals surface area contributed by atoms with Crippen molar-refractivity contribution in [2.45, 2.75) is 131 Å². The molecule has 1 aliphatic heterocycles. The van der Waals surface area contributed by atoms with E-state index < -0.39 is 9.84 Å². The number of carbonyl (C=O) groups excluding carboxylic acids is 1. The first-order valence-corrected chi connectivity index (χ1v) is 21.8. The van der Waals surface area contributed by atoms with E-state index in [2.05, 4.69) is 57.0 Å². The average Bonchev–Trinajstić information content (AvgIpc) is 3.46. The third-order valence-corrected chi connectivity index (χ3v) is 18.3. The number of carbonyl (C=O) groups is 1. The number of ether oxygens (including phenoxy) is 1. The molecule has 0 amide bonds. The zero-order chi connectivity index (χ0) is 34.2. The molecule has 6 nitrogen and oxygen atoms in total. The number of hydrogen-bond donors (Lipinski definition) is 1. The molecule has 0 aromatic heterocycles. The summed E-state index contributed by atoms with van der Waals surface area (Å²) < 4.78 is 29.3. The summed E-state index contributed by atoms with van der Waals surface area (Å²) in [6, 6.07) is 0. The van der Waals surface area contributed by atoms with Gasteiger partial charge < -0.3 is 15.0 Å². The van der Waals surface area contributed by atoms with E-state index in [1.807, 2.05) is 6.92 Å². The summed E-state index contributed by atoms with van der Waals surface area (Å²) in [5, 5.41) is 4.18. The fourth-order valence-corrected chi connectivity index (χ4v) is 15.3. The van der Waals surface area contributed by atoms with Gasteiger partial charge in [0.05, 0.1) is 24.0 Å². The van der Waals surface area contributed by atoms with E-state index in [0.717, 1.165) is 50.1 Å². The van der Waals surface area contributed by atoms with Gasteiger partial charge in [-0.3, -0.25) is 4.79 Å². The van der Waals surface area contributed by atoms with Crippen molar-refractivity contribution in [2.75, 3.05) is 44.3 Å². The fraction of sp³-hybridized carbons (Fsp3) is 0.878. The number of allylic oxidation sites excluding steroid dienone is 4. The summed E-state index contributed by atoms with van der Waals surface area (Å²) >= 11 is 0. The zero-order valence-corrected chi connectivity index (χ0v) is 32.0. The van der Waals surface area contributed by atoms with Crippen molar-refractivity contribution in [2.24, 2.45) is 51.2 Å². The molecule has 5 fully saturated rings. The van der Waals surface area contributed by atoms with Crippen LogP contribution in [0.3, 0.4) is 0 Å². The number of nitrogens with zero attached hydrogens (tertiary/aromatic N) is 1. The van der Waals surface area contributed by atoms with Gasteiger partial charge >= 0.3 is 5.97 Å². The Morgan fingerprint density at radius 2 is 1.67 bits per heavy atom. The number of esters is 1. The van der Waals surface area contributed by atoms with Gasteiger partial charge in [-0.15, -0.1) is 0 Å². The predicted octanol–water partition coefficient (Wildman–Crippen LogP) is 7.74. The van der Waals surface area contributed by atoms with Crippen LogP contribution in [0.25, 0.3) is 0 Å². The number of hydrogen-bond acceptors (Lipinski definition) is 6. The smallest absolute Gasteiger partial charge is 0.309 e. The lowest BCUT2D eigenvalue weighted by atomic mass is 9.33. The Kier molecular flexibility index (Phi) is 9.17. The Balaban J connectivity index is 1.07. The molecule has 1 saturated heterocycles. The lowest BCUT2D eigenvalue weighted by molar-refractivity contribution is -0.218. The van der Waals surface area contributed by atoms with E-state index in [1.54, 1.807) is 5.57 Å². The predicted molar refractivity (Wildman–Crippen MR) is 194 cm³/mol. The number of rotatable bonds is 7. The van der Waals surface area contributed by atoms with Crippen molar-refractivity contribution >= 4 is 15.8 Å². The molecule has 7 aliphatic rings. The molecule has 0 aromatic carbocycles. The van der Waals surface area contributed by atoms with E-state index in [-0.39, 0.29) is 22.8 Å². The molecular formula is C41H66N2O4S. The highest BCUT2D eigenvalue weighted by molar-refractivity contribution is 7.91. The average molecular weight is 683 g/mol. The zero-order valence-electron chi connectivity index (χ0n) is 31.2. The van der Waals surface area contributed by atoms with E-state index in [4.69, 9.17) is 4.74 Å².